The highest BCUT2D eigenvalue weighted by Crippen LogP contribution is 2.29. The first-order valence-corrected chi connectivity index (χ1v) is 8.10. The molecule has 6 heteroatoms. The van der Waals surface area contributed by atoms with Gasteiger partial charge in [0.1, 0.15) is 5.75 Å². The maximum Gasteiger partial charge on any atom is 0.338 e. The summed E-state index contributed by atoms with van der Waals surface area (Å²) in [7, 11) is 0. The number of carbonyl (C=O) groups is 2. The second-order valence-corrected chi connectivity index (χ2v) is 6.06. The lowest BCUT2D eigenvalue weighted by molar-refractivity contribution is -0.140. The molecule has 0 unspecified atom stereocenters. The molecule has 0 spiro atoms. The summed E-state index contributed by atoms with van der Waals surface area (Å²) in [5.41, 5.74) is 1.72. The third kappa shape index (κ3) is 4.28. The Morgan fingerprint density at radius 1 is 1.25 bits per heavy atom. The molecule has 2 amide bonds. The first-order valence-electron chi connectivity index (χ1n) is 8.10. The SMILES string of the molecule is CCOc1ccc([C@@H]2NC(=O)NC(C)=C2C(=O)OCC(C)C)cc1. The molecule has 130 valence electrons. The highest BCUT2D eigenvalue weighted by molar-refractivity contribution is 5.95. The van der Waals surface area contributed by atoms with Crippen molar-refractivity contribution < 1.29 is 19.1 Å². The standard InChI is InChI=1S/C18H24N2O4/c1-5-23-14-8-6-13(7-9-14)16-15(12(4)19-18(22)20-16)17(21)24-10-11(2)3/h6-9,11,16H,5,10H2,1-4H3,(H2,19,20,22)/t16-/m0/s1. The zero-order valence-corrected chi connectivity index (χ0v) is 14.5. The summed E-state index contributed by atoms with van der Waals surface area (Å²) in [5, 5.41) is 5.42. The molecule has 0 aromatic heterocycles. The van der Waals surface area contributed by atoms with Gasteiger partial charge in [-0.05, 0) is 37.5 Å². The van der Waals surface area contributed by atoms with Gasteiger partial charge in [-0.1, -0.05) is 26.0 Å². The van der Waals surface area contributed by atoms with Gasteiger partial charge >= 0.3 is 12.0 Å². The first-order chi connectivity index (χ1) is 11.4. The van der Waals surface area contributed by atoms with Crippen molar-refractivity contribution in [2.75, 3.05) is 13.2 Å². The van der Waals surface area contributed by atoms with Crippen LogP contribution in [-0.2, 0) is 9.53 Å². The van der Waals surface area contributed by atoms with E-state index in [1.165, 1.54) is 0 Å². The van der Waals surface area contributed by atoms with E-state index in [1.807, 2.05) is 45.0 Å². The van der Waals surface area contributed by atoms with Crippen LogP contribution >= 0.6 is 0 Å². The quantitative estimate of drug-likeness (QED) is 0.785. The minimum atomic E-state index is -0.547. The Hall–Kier alpha value is -2.50. The van der Waals surface area contributed by atoms with Crippen LogP contribution in [0.5, 0.6) is 5.75 Å². The van der Waals surface area contributed by atoms with E-state index in [2.05, 4.69) is 10.6 Å². The number of benzene rings is 1. The molecule has 1 aromatic carbocycles. The molecule has 0 radical (unpaired) electrons. The van der Waals surface area contributed by atoms with Crippen LogP contribution in [0.25, 0.3) is 0 Å². The maximum absolute atomic E-state index is 12.5. The van der Waals surface area contributed by atoms with Crippen LogP contribution in [-0.4, -0.2) is 25.2 Å². The Morgan fingerprint density at radius 3 is 2.50 bits per heavy atom. The molecular weight excluding hydrogens is 308 g/mol. The van der Waals surface area contributed by atoms with Crippen LogP contribution in [0.1, 0.15) is 39.3 Å². The summed E-state index contributed by atoms with van der Waals surface area (Å²) in [5.74, 6) is 0.559. The lowest BCUT2D eigenvalue weighted by Crippen LogP contribution is -2.45. The lowest BCUT2D eigenvalue weighted by Gasteiger charge is -2.28. The Morgan fingerprint density at radius 2 is 1.92 bits per heavy atom. The van der Waals surface area contributed by atoms with Crippen molar-refractivity contribution in [2.45, 2.75) is 33.7 Å². The number of carbonyl (C=O) groups excluding carboxylic acids is 2. The van der Waals surface area contributed by atoms with Gasteiger partial charge < -0.3 is 20.1 Å². The van der Waals surface area contributed by atoms with Gasteiger partial charge in [-0.25, -0.2) is 9.59 Å². The minimum absolute atomic E-state index is 0.241. The molecule has 0 saturated carbocycles. The topological polar surface area (TPSA) is 76.7 Å². The number of esters is 1. The second kappa shape index (κ2) is 7.86. The molecule has 1 atom stereocenters. The molecule has 1 aromatic rings. The first kappa shape index (κ1) is 17.8. The third-order valence-corrected chi connectivity index (χ3v) is 3.56. The Kier molecular flexibility index (Phi) is 5.84. The smallest absolute Gasteiger partial charge is 0.338 e. The molecule has 1 aliphatic rings. The highest BCUT2D eigenvalue weighted by atomic mass is 16.5. The van der Waals surface area contributed by atoms with Crippen molar-refractivity contribution in [3.8, 4) is 5.75 Å². The molecule has 1 heterocycles. The molecule has 2 rings (SSSR count). The van der Waals surface area contributed by atoms with E-state index >= 15 is 0 Å². The minimum Gasteiger partial charge on any atom is -0.494 e. The fraction of sp³-hybridized carbons (Fsp3) is 0.444. The van der Waals surface area contributed by atoms with E-state index in [4.69, 9.17) is 9.47 Å². The van der Waals surface area contributed by atoms with Gasteiger partial charge in [0.15, 0.2) is 0 Å². The summed E-state index contributed by atoms with van der Waals surface area (Å²) in [6.45, 7) is 8.47. The number of allylic oxidation sites excluding steroid dienone is 1. The molecular formula is C18H24N2O4. The van der Waals surface area contributed by atoms with Gasteiger partial charge in [-0.3, -0.25) is 0 Å². The van der Waals surface area contributed by atoms with Gasteiger partial charge in [-0.2, -0.15) is 0 Å². The number of nitrogens with one attached hydrogen (secondary N) is 2. The van der Waals surface area contributed by atoms with Crippen molar-refractivity contribution in [2.24, 2.45) is 5.92 Å². The molecule has 2 N–H and O–H groups in total. The number of amides is 2. The number of ether oxygens (including phenoxy) is 2. The Balaban J connectivity index is 2.28. The van der Waals surface area contributed by atoms with Crippen LogP contribution in [0.3, 0.4) is 0 Å². The van der Waals surface area contributed by atoms with E-state index in [9.17, 15) is 9.59 Å². The van der Waals surface area contributed by atoms with Crippen molar-refractivity contribution in [3.63, 3.8) is 0 Å². The van der Waals surface area contributed by atoms with Gasteiger partial charge in [-0.15, -0.1) is 0 Å². The highest BCUT2D eigenvalue weighted by Gasteiger charge is 2.32. The zero-order chi connectivity index (χ0) is 17.7. The third-order valence-electron chi connectivity index (χ3n) is 3.56. The van der Waals surface area contributed by atoms with Crippen molar-refractivity contribution in [3.05, 3.63) is 41.1 Å². The van der Waals surface area contributed by atoms with E-state index in [0.717, 1.165) is 11.3 Å². The molecule has 0 bridgehead atoms. The molecule has 1 aliphatic heterocycles. The fourth-order valence-corrected chi connectivity index (χ4v) is 2.46. The lowest BCUT2D eigenvalue weighted by atomic mass is 9.95. The molecule has 0 aliphatic carbocycles. The van der Waals surface area contributed by atoms with E-state index < -0.39 is 12.0 Å². The fourth-order valence-electron chi connectivity index (χ4n) is 2.46. The van der Waals surface area contributed by atoms with Crippen LogP contribution < -0.4 is 15.4 Å². The van der Waals surface area contributed by atoms with Gasteiger partial charge in [0.2, 0.25) is 0 Å². The normalized spacial score (nSPS) is 17.4. The van der Waals surface area contributed by atoms with Gasteiger partial charge in [0, 0.05) is 5.70 Å². The number of urea groups is 1. The Bertz CT molecular complexity index is 635. The van der Waals surface area contributed by atoms with E-state index in [-0.39, 0.29) is 11.9 Å². The van der Waals surface area contributed by atoms with E-state index in [1.54, 1.807) is 6.92 Å². The monoisotopic (exact) mass is 332 g/mol. The second-order valence-electron chi connectivity index (χ2n) is 6.06. The molecule has 0 fully saturated rings. The summed E-state index contributed by atoms with van der Waals surface area (Å²) in [4.78, 5) is 24.3. The van der Waals surface area contributed by atoms with Crippen molar-refractivity contribution in [1.29, 1.82) is 0 Å². The summed E-state index contributed by atoms with van der Waals surface area (Å²) >= 11 is 0. The Labute approximate surface area is 142 Å². The largest absolute Gasteiger partial charge is 0.494 e. The van der Waals surface area contributed by atoms with Crippen molar-refractivity contribution in [1.82, 2.24) is 10.6 Å². The number of hydrogen-bond acceptors (Lipinski definition) is 4. The zero-order valence-electron chi connectivity index (χ0n) is 14.5. The summed E-state index contributed by atoms with van der Waals surface area (Å²) in [6, 6.07) is 6.42. The number of rotatable bonds is 6. The van der Waals surface area contributed by atoms with Gasteiger partial charge in [0.05, 0.1) is 24.8 Å². The maximum atomic E-state index is 12.5. The van der Waals surface area contributed by atoms with Crippen LogP contribution in [0, 0.1) is 5.92 Å². The van der Waals surface area contributed by atoms with Crippen LogP contribution in [0.4, 0.5) is 4.79 Å². The van der Waals surface area contributed by atoms with Gasteiger partial charge in [0.25, 0.3) is 0 Å². The van der Waals surface area contributed by atoms with Crippen LogP contribution in [0.15, 0.2) is 35.5 Å². The summed E-state index contributed by atoms with van der Waals surface area (Å²) < 4.78 is 10.8. The average Bonchev–Trinajstić information content (AvgIpc) is 2.53. The molecule has 24 heavy (non-hydrogen) atoms. The van der Waals surface area contributed by atoms with Crippen molar-refractivity contribution >= 4 is 12.0 Å². The molecule has 0 saturated heterocycles. The predicted octanol–water partition coefficient (Wildman–Crippen LogP) is 2.91. The predicted molar refractivity (Wildman–Crippen MR) is 90.5 cm³/mol. The summed E-state index contributed by atoms with van der Waals surface area (Å²) in [6.07, 6.45) is 0. The molecule has 6 nitrogen and oxygen atoms in total. The number of hydrogen-bond donors (Lipinski definition) is 2. The average molecular weight is 332 g/mol. The van der Waals surface area contributed by atoms with E-state index in [0.29, 0.717) is 24.5 Å². The van der Waals surface area contributed by atoms with Crippen LogP contribution in [0.2, 0.25) is 0 Å².